The summed E-state index contributed by atoms with van der Waals surface area (Å²) in [6, 6.07) is 21.8. The first-order valence-corrected chi connectivity index (χ1v) is 27.4. The quantitative estimate of drug-likeness (QED) is 0.116. The van der Waals surface area contributed by atoms with Gasteiger partial charge in [-0.3, -0.25) is 9.59 Å². The van der Waals surface area contributed by atoms with E-state index in [1.807, 2.05) is 44.7 Å². The van der Waals surface area contributed by atoms with Gasteiger partial charge in [-0.05, 0) is 89.8 Å². The van der Waals surface area contributed by atoms with E-state index in [0.717, 1.165) is 102 Å². The second-order valence-corrected chi connectivity index (χ2v) is 23.1. The summed E-state index contributed by atoms with van der Waals surface area (Å²) in [5, 5.41) is 8.81. The number of hydrogen-bond donors (Lipinski definition) is 3. The summed E-state index contributed by atoms with van der Waals surface area (Å²) >= 11 is 0. The lowest BCUT2D eigenvalue weighted by Crippen LogP contribution is -2.50. The van der Waals surface area contributed by atoms with Crippen LogP contribution in [0.2, 0.25) is 0 Å². The van der Waals surface area contributed by atoms with Crippen LogP contribution in [0.3, 0.4) is 0 Å². The van der Waals surface area contributed by atoms with Crippen molar-refractivity contribution in [1.29, 1.82) is 0 Å². The molecular formula is C53H66N12O6S. The number of ether oxygens (including phenoxy) is 2. The van der Waals surface area contributed by atoms with E-state index in [1.54, 1.807) is 18.2 Å². The predicted octanol–water partition coefficient (Wildman–Crippen LogP) is 5.94. The van der Waals surface area contributed by atoms with Gasteiger partial charge in [-0.25, -0.2) is 28.4 Å². The van der Waals surface area contributed by atoms with Crippen molar-refractivity contribution in [2.75, 3.05) is 75.2 Å². The lowest BCUT2D eigenvalue weighted by molar-refractivity contribution is -0.120. The van der Waals surface area contributed by atoms with Gasteiger partial charge in [0.05, 0.1) is 40.3 Å². The topological polar surface area (TPSA) is 194 Å². The maximum Gasteiger partial charge on any atom is 0.241 e. The summed E-state index contributed by atoms with van der Waals surface area (Å²) in [7, 11) is -3.23. The summed E-state index contributed by atoms with van der Waals surface area (Å²) in [4.78, 5) is 47.4. The van der Waals surface area contributed by atoms with Crippen molar-refractivity contribution < 1.29 is 27.5 Å². The van der Waals surface area contributed by atoms with Gasteiger partial charge in [0, 0.05) is 125 Å². The Labute approximate surface area is 420 Å². The van der Waals surface area contributed by atoms with Crippen molar-refractivity contribution in [1.82, 2.24) is 49.3 Å². The van der Waals surface area contributed by atoms with Crippen LogP contribution in [0.5, 0.6) is 11.8 Å². The largest absolute Gasteiger partial charge is 0.473 e. The van der Waals surface area contributed by atoms with Crippen LogP contribution in [0.15, 0.2) is 73.3 Å². The van der Waals surface area contributed by atoms with Gasteiger partial charge in [-0.15, -0.1) is 0 Å². The molecule has 6 fully saturated rings. The minimum Gasteiger partial charge on any atom is -0.473 e. The van der Waals surface area contributed by atoms with Gasteiger partial charge in [-0.2, -0.15) is 4.31 Å². The zero-order chi connectivity index (χ0) is 49.7. The molecule has 0 radical (unpaired) electrons. The second-order valence-electron chi connectivity index (χ2n) is 20.6. The minimum atomic E-state index is -3.23. The molecule has 4 atom stereocenters. The number of benzene rings is 2. The summed E-state index contributed by atoms with van der Waals surface area (Å²) in [6.45, 7) is 15.1. The van der Waals surface area contributed by atoms with Gasteiger partial charge < -0.3 is 44.4 Å². The SMILES string of the molecule is CC(C)S(=O)(=O)N1CCN(c2ccc(-c3cc4ncn(C5CC5)c4c(O[C@H](C)[C@H]4CNC(=O)C4)n3)cc2)CC1.C[C@@H](Oc1nc(-c2ccc(N3CCNCC3)cc2)cc2ncn(C3CC3)c12)[C@H]1CNC(=O)C1. The first kappa shape index (κ1) is 48.0. The highest BCUT2D eigenvalue weighted by Crippen LogP contribution is 2.42. The first-order chi connectivity index (χ1) is 34.9. The van der Waals surface area contributed by atoms with Crippen LogP contribution in [-0.4, -0.2) is 137 Å². The Morgan fingerprint density at radius 1 is 0.597 bits per heavy atom. The maximum atomic E-state index is 12.5. The molecule has 0 spiro atoms. The molecule has 8 heterocycles. The number of piperazine rings is 2. The molecular weight excluding hydrogens is 933 g/mol. The van der Waals surface area contributed by atoms with Gasteiger partial charge in [0.15, 0.2) is 0 Å². The molecule has 380 valence electrons. The van der Waals surface area contributed by atoms with E-state index in [-0.39, 0.29) is 35.9 Å². The van der Waals surface area contributed by atoms with Crippen molar-refractivity contribution >= 4 is 55.3 Å². The molecule has 2 saturated carbocycles. The number of carbonyl (C=O) groups is 2. The highest BCUT2D eigenvalue weighted by atomic mass is 32.2. The van der Waals surface area contributed by atoms with Crippen LogP contribution in [0, 0.1) is 11.8 Å². The molecule has 12 rings (SSSR count). The van der Waals surface area contributed by atoms with Crippen molar-refractivity contribution in [3.63, 3.8) is 0 Å². The molecule has 6 aromatic rings. The molecule has 2 aliphatic carbocycles. The standard InChI is InChI=1S/C28H36N6O4S.C25H30N6O2/c1-18(2)39(36,37)33-12-10-32(11-13-33)22-6-4-20(5-7-22)24-15-25-27(34(17-30-25)23-8-9-23)28(31-24)38-19(3)21-14-26(35)29-16-21;1-16(18-12-23(32)27-14-18)33-25-24-22(28-15-31(24)20-6-7-20)13-21(29-25)17-2-4-19(5-3-17)30-10-8-26-9-11-30/h4-7,15,17-19,21,23H,8-14,16H2,1-3H3,(H,29,35);2-5,13,15-16,18,20,26H,6-12,14H2,1H3,(H,27,32)/t19-,21-;16-,18-/m11/s1. The zero-order valence-corrected chi connectivity index (χ0v) is 42.5. The Kier molecular flexibility index (Phi) is 13.3. The molecule has 72 heavy (non-hydrogen) atoms. The molecule has 4 saturated heterocycles. The van der Waals surface area contributed by atoms with Crippen LogP contribution < -0.4 is 35.2 Å². The Bertz CT molecular complexity index is 3050. The van der Waals surface area contributed by atoms with Gasteiger partial charge >= 0.3 is 0 Å². The summed E-state index contributed by atoms with van der Waals surface area (Å²) in [5.74, 6) is 1.58. The fraction of sp³-hybridized carbons (Fsp3) is 0.509. The van der Waals surface area contributed by atoms with Crippen molar-refractivity contribution in [3.8, 4) is 34.3 Å². The van der Waals surface area contributed by atoms with E-state index in [0.29, 0.717) is 76.0 Å². The highest BCUT2D eigenvalue weighted by molar-refractivity contribution is 7.89. The molecule has 18 nitrogen and oxygen atoms in total. The number of anilines is 2. The lowest BCUT2D eigenvalue weighted by Gasteiger charge is -2.36. The number of nitrogens with one attached hydrogen (secondary N) is 3. The first-order valence-electron chi connectivity index (χ1n) is 25.9. The summed E-state index contributed by atoms with van der Waals surface area (Å²) < 4.78 is 43.9. The average Bonchev–Trinajstić information content (AvgIpc) is 4.22. The van der Waals surface area contributed by atoms with E-state index in [1.165, 1.54) is 5.69 Å². The van der Waals surface area contributed by atoms with Crippen LogP contribution >= 0.6 is 0 Å². The smallest absolute Gasteiger partial charge is 0.241 e. The lowest BCUT2D eigenvalue weighted by atomic mass is 10.0. The summed E-state index contributed by atoms with van der Waals surface area (Å²) in [5.41, 5.74) is 9.57. The Balaban J connectivity index is 0.000000158. The molecule has 0 unspecified atom stereocenters. The molecule has 4 aromatic heterocycles. The van der Waals surface area contributed by atoms with E-state index in [4.69, 9.17) is 24.4 Å². The second kappa shape index (κ2) is 19.9. The molecule has 4 aliphatic heterocycles. The third kappa shape index (κ3) is 10.1. The van der Waals surface area contributed by atoms with Gasteiger partial charge in [0.25, 0.3) is 0 Å². The van der Waals surface area contributed by atoms with Gasteiger partial charge in [-0.1, -0.05) is 24.3 Å². The number of hydrogen-bond acceptors (Lipinski definition) is 13. The van der Waals surface area contributed by atoms with Gasteiger partial charge in [0.2, 0.25) is 33.6 Å². The highest BCUT2D eigenvalue weighted by Gasteiger charge is 2.34. The monoisotopic (exact) mass is 998 g/mol. The number of rotatable bonds is 14. The molecule has 6 aliphatic rings. The minimum absolute atomic E-state index is 0.0633. The predicted molar refractivity (Wildman–Crippen MR) is 278 cm³/mol. The normalized spacial score (nSPS) is 21.7. The molecule has 19 heteroatoms. The Morgan fingerprint density at radius 2 is 1.03 bits per heavy atom. The van der Waals surface area contributed by atoms with Crippen molar-refractivity contribution in [2.24, 2.45) is 11.8 Å². The number of pyridine rings is 2. The fourth-order valence-corrected chi connectivity index (χ4v) is 11.6. The molecule has 2 aromatic carbocycles. The fourth-order valence-electron chi connectivity index (χ4n) is 10.3. The van der Waals surface area contributed by atoms with Crippen LogP contribution in [0.25, 0.3) is 44.6 Å². The molecule has 3 N–H and O–H groups in total. The van der Waals surface area contributed by atoms with E-state index in [2.05, 4.69) is 82.3 Å². The van der Waals surface area contributed by atoms with Crippen LogP contribution in [-0.2, 0) is 19.6 Å². The van der Waals surface area contributed by atoms with Crippen molar-refractivity contribution in [2.45, 2.75) is 95.8 Å². The number of amides is 2. The van der Waals surface area contributed by atoms with Gasteiger partial charge in [0.1, 0.15) is 23.2 Å². The number of fused-ring (bicyclic) bond motifs is 2. The van der Waals surface area contributed by atoms with Crippen molar-refractivity contribution in [3.05, 3.63) is 73.3 Å². The number of aromatic nitrogens is 6. The number of sulfonamides is 1. The molecule has 2 amide bonds. The number of imidazole rings is 2. The van der Waals surface area contributed by atoms with E-state index >= 15 is 0 Å². The third-order valence-corrected chi connectivity index (χ3v) is 17.5. The number of nitrogens with zero attached hydrogens (tertiary/aromatic N) is 9. The number of carbonyl (C=O) groups excluding carboxylic acids is 2. The Hall–Kier alpha value is -6.31. The maximum absolute atomic E-state index is 12.5. The van der Waals surface area contributed by atoms with E-state index in [9.17, 15) is 18.0 Å². The van der Waals surface area contributed by atoms with E-state index < -0.39 is 15.3 Å². The van der Waals surface area contributed by atoms with Crippen LogP contribution in [0.1, 0.15) is 78.3 Å². The zero-order valence-electron chi connectivity index (χ0n) is 41.7. The van der Waals surface area contributed by atoms with Crippen LogP contribution in [0.4, 0.5) is 11.4 Å². The Morgan fingerprint density at radius 3 is 1.42 bits per heavy atom. The summed E-state index contributed by atoms with van der Waals surface area (Å²) in [6.07, 6.45) is 9.06. The third-order valence-electron chi connectivity index (χ3n) is 15.2. The molecule has 0 bridgehead atoms. The average molecular weight is 999 g/mol.